The molecule has 0 unspecified atom stereocenters. The molecule has 14 heavy (non-hydrogen) atoms. The van der Waals surface area contributed by atoms with Crippen LogP contribution in [0.1, 0.15) is 10.7 Å². The molecule has 0 aromatic carbocycles. The summed E-state index contributed by atoms with van der Waals surface area (Å²) in [5.41, 5.74) is 0.734. The van der Waals surface area contributed by atoms with Crippen molar-refractivity contribution in [3.63, 3.8) is 0 Å². The van der Waals surface area contributed by atoms with Crippen molar-refractivity contribution in [3.8, 4) is 0 Å². The third kappa shape index (κ3) is 3.89. The lowest BCUT2D eigenvalue weighted by Gasteiger charge is -2.00. The van der Waals surface area contributed by atoms with Gasteiger partial charge in [-0.1, -0.05) is 18.2 Å². The summed E-state index contributed by atoms with van der Waals surface area (Å²) in [7, 11) is 0. The second kappa shape index (κ2) is 5.12. The summed E-state index contributed by atoms with van der Waals surface area (Å²) in [4.78, 5) is 15.3. The monoisotopic (exact) mass is 231 g/mol. The third-order valence-corrected chi connectivity index (χ3v) is 2.31. The topological polar surface area (TPSA) is 39.2 Å². The van der Waals surface area contributed by atoms with Gasteiger partial charge < -0.3 is 4.74 Å². The summed E-state index contributed by atoms with van der Waals surface area (Å²) in [5.74, 6) is -0.336. The average molecular weight is 232 g/mol. The number of hydrogen-bond donors (Lipinski definition) is 0. The number of thiazole rings is 1. The van der Waals surface area contributed by atoms with E-state index in [4.69, 9.17) is 16.3 Å². The van der Waals surface area contributed by atoms with Gasteiger partial charge in [-0.3, -0.25) is 4.79 Å². The number of aromatic nitrogens is 1. The highest BCUT2D eigenvalue weighted by atomic mass is 35.5. The minimum absolute atomic E-state index is 0.0590. The summed E-state index contributed by atoms with van der Waals surface area (Å²) in [5, 5.41) is 3.09. The maximum Gasteiger partial charge on any atom is 0.312 e. The molecule has 0 spiro atoms. The van der Waals surface area contributed by atoms with Crippen molar-refractivity contribution in [2.75, 3.05) is 6.61 Å². The summed E-state index contributed by atoms with van der Waals surface area (Å²) in [6, 6.07) is 0. The number of rotatable bonds is 4. The van der Waals surface area contributed by atoms with E-state index in [0.29, 0.717) is 5.03 Å². The SMILES string of the molecule is C=C(Cl)COC(=O)Cc1csc(C)n1. The van der Waals surface area contributed by atoms with Crippen LogP contribution in [-0.2, 0) is 16.0 Å². The van der Waals surface area contributed by atoms with Gasteiger partial charge in [-0.05, 0) is 6.92 Å². The lowest BCUT2D eigenvalue weighted by atomic mass is 10.3. The lowest BCUT2D eigenvalue weighted by Crippen LogP contribution is -2.09. The Labute approximate surface area is 91.4 Å². The van der Waals surface area contributed by atoms with Crippen LogP contribution in [0.25, 0.3) is 0 Å². The molecule has 0 fully saturated rings. The fourth-order valence-electron chi connectivity index (χ4n) is 0.847. The smallest absolute Gasteiger partial charge is 0.312 e. The van der Waals surface area contributed by atoms with Crippen LogP contribution in [0.15, 0.2) is 17.0 Å². The Morgan fingerprint density at radius 3 is 3.00 bits per heavy atom. The Balaban J connectivity index is 2.37. The van der Waals surface area contributed by atoms with Crippen LogP contribution in [0, 0.1) is 6.92 Å². The Kier molecular flexibility index (Phi) is 4.10. The molecule has 0 aliphatic heterocycles. The zero-order chi connectivity index (χ0) is 10.6. The summed E-state index contributed by atoms with van der Waals surface area (Å²) >= 11 is 6.95. The van der Waals surface area contributed by atoms with Crippen LogP contribution in [0.4, 0.5) is 0 Å². The van der Waals surface area contributed by atoms with Crippen molar-refractivity contribution in [1.82, 2.24) is 4.98 Å². The number of aryl methyl sites for hydroxylation is 1. The van der Waals surface area contributed by atoms with Crippen molar-refractivity contribution < 1.29 is 9.53 Å². The fourth-order valence-corrected chi connectivity index (χ4v) is 1.51. The van der Waals surface area contributed by atoms with Crippen LogP contribution in [0.2, 0.25) is 0 Å². The van der Waals surface area contributed by atoms with Crippen molar-refractivity contribution in [1.29, 1.82) is 0 Å². The molecule has 0 aliphatic rings. The van der Waals surface area contributed by atoms with E-state index in [1.54, 1.807) is 0 Å². The molecular weight excluding hydrogens is 222 g/mol. The minimum Gasteiger partial charge on any atom is -0.460 e. The number of nitrogens with zero attached hydrogens (tertiary/aromatic N) is 1. The lowest BCUT2D eigenvalue weighted by molar-refractivity contribution is -0.141. The second-order valence-corrected chi connectivity index (χ2v) is 4.31. The highest BCUT2D eigenvalue weighted by Crippen LogP contribution is 2.09. The van der Waals surface area contributed by atoms with E-state index in [0.717, 1.165) is 10.7 Å². The number of carbonyl (C=O) groups excluding carboxylic acids is 1. The van der Waals surface area contributed by atoms with E-state index in [1.807, 2.05) is 12.3 Å². The molecule has 1 aromatic heterocycles. The number of carbonyl (C=O) groups is 1. The van der Waals surface area contributed by atoms with Gasteiger partial charge in [0, 0.05) is 10.4 Å². The standard InChI is InChI=1S/C9H10ClNO2S/c1-6(10)4-13-9(12)3-8-5-14-7(2)11-8/h5H,1,3-4H2,2H3. The molecule has 5 heteroatoms. The number of esters is 1. The quantitative estimate of drug-likeness (QED) is 0.747. The van der Waals surface area contributed by atoms with Gasteiger partial charge in [0.2, 0.25) is 0 Å². The van der Waals surface area contributed by atoms with Crippen molar-refractivity contribution in [2.24, 2.45) is 0 Å². The predicted octanol–water partition coefficient (Wildman–Crippen LogP) is 2.29. The fraction of sp³-hybridized carbons (Fsp3) is 0.333. The van der Waals surface area contributed by atoms with Crippen molar-refractivity contribution in [2.45, 2.75) is 13.3 Å². The Bertz CT molecular complexity index is 348. The number of hydrogen-bond acceptors (Lipinski definition) is 4. The van der Waals surface area contributed by atoms with Gasteiger partial charge in [0.25, 0.3) is 0 Å². The zero-order valence-corrected chi connectivity index (χ0v) is 9.32. The number of halogens is 1. The first-order valence-electron chi connectivity index (χ1n) is 3.98. The molecule has 0 radical (unpaired) electrons. The Hall–Kier alpha value is -0.870. The molecule has 1 rings (SSSR count). The van der Waals surface area contributed by atoms with E-state index in [1.165, 1.54) is 11.3 Å². The first-order valence-corrected chi connectivity index (χ1v) is 5.23. The normalized spacial score (nSPS) is 9.86. The van der Waals surface area contributed by atoms with Crippen LogP contribution in [-0.4, -0.2) is 17.6 Å². The van der Waals surface area contributed by atoms with Crippen molar-refractivity contribution in [3.05, 3.63) is 27.7 Å². The van der Waals surface area contributed by atoms with Gasteiger partial charge in [0.05, 0.1) is 17.1 Å². The highest BCUT2D eigenvalue weighted by Gasteiger charge is 2.07. The Morgan fingerprint density at radius 1 is 1.79 bits per heavy atom. The van der Waals surface area contributed by atoms with Gasteiger partial charge >= 0.3 is 5.97 Å². The molecule has 0 N–H and O–H groups in total. The molecule has 76 valence electrons. The molecule has 0 saturated carbocycles. The predicted molar refractivity (Wildman–Crippen MR) is 56.5 cm³/mol. The molecule has 0 amide bonds. The highest BCUT2D eigenvalue weighted by molar-refractivity contribution is 7.09. The molecular formula is C9H10ClNO2S. The van der Waals surface area contributed by atoms with E-state index in [2.05, 4.69) is 11.6 Å². The summed E-state index contributed by atoms with van der Waals surface area (Å²) in [6.07, 6.45) is 0.189. The van der Waals surface area contributed by atoms with E-state index in [-0.39, 0.29) is 19.0 Å². The molecule has 0 aliphatic carbocycles. The molecule has 3 nitrogen and oxygen atoms in total. The molecule has 1 aromatic rings. The summed E-state index contributed by atoms with van der Waals surface area (Å²) < 4.78 is 4.81. The maximum atomic E-state index is 11.2. The second-order valence-electron chi connectivity index (χ2n) is 2.71. The molecule has 0 atom stereocenters. The van der Waals surface area contributed by atoms with Gasteiger partial charge in [-0.15, -0.1) is 11.3 Å². The third-order valence-electron chi connectivity index (χ3n) is 1.38. The molecule has 0 bridgehead atoms. The first-order chi connectivity index (χ1) is 6.58. The van der Waals surface area contributed by atoms with Gasteiger partial charge in [-0.25, -0.2) is 4.98 Å². The largest absolute Gasteiger partial charge is 0.460 e. The maximum absolute atomic E-state index is 11.2. The van der Waals surface area contributed by atoms with Crippen LogP contribution in [0.5, 0.6) is 0 Å². The first kappa shape index (κ1) is 11.2. The van der Waals surface area contributed by atoms with E-state index >= 15 is 0 Å². The summed E-state index contributed by atoms with van der Waals surface area (Å²) in [6.45, 7) is 5.36. The molecule has 1 heterocycles. The van der Waals surface area contributed by atoms with Crippen LogP contribution < -0.4 is 0 Å². The minimum atomic E-state index is -0.336. The van der Waals surface area contributed by atoms with Gasteiger partial charge in [-0.2, -0.15) is 0 Å². The zero-order valence-electron chi connectivity index (χ0n) is 7.75. The van der Waals surface area contributed by atoms with E-state index < -0.39 is 0 Å². The Morgan fingerprint density at radius 2 is 2.50 bits per heavy atom. The van der Waals surface area contributed by atoms with Gasteiger partial charge in [0.1, 0.15) is 6.61 Å². The average Bonchev–Trinajstić information content (AvgIpc) is 2.48. The molecule has 0 saturated heterocycles. The van der Waals surface area contributed by atoms with E-state index in [9.17, 15) is 4.79 Å². The van der Waals surface area contributed by atoms with Crippen LogP contribution >= 0.6 is 22.9 Å². The van der Waals surface area contributed by atoms with Crippen molar-refractivity contribution >= 4 is 28.9 Å². The van der Waals surface area contributed by atoms with Crippen LogP contribution in [0.3, 0.4) is 0 Å². The number of ether oxygens (including phenoxy) is 1. The van der Waals surface area contributed by atoms with Gasteiger partial charge in [0.15, 0.2) is 0 Å².